The van der Waals surface area contributed by atoms with Crippen LogP contribution in [0.3, 0.4) is 0 Å². The van der Waals surface area contributed by atoms with E-state index in [1.54, 1.807) is 13.1 Å². The van der Waals surface area contributed by atoms with Crippen molar-refractivity contribution in [3.63, 3.8) is 0 Å². The number of rotatable bonds is 6. The molecule has 3 aliphatic rings. The smallest absolute Gasteiger partial charge is 0.355 e. The summed E-state index contributed by atoms with van der Waals surface area (Å²) >= 11 is 1.32. The summed E-state index contributed by atoms with van der Waals surface area (Å²) in [6.07, 6.45) is 6.65. The van der Waals surface area contributed by atoms with Crippen LogP contribution in [0.15, 0.2) is 40.7 Å². The van der Waals surface area contributed by atoms with Gasteiger partial charge in [0.05, 0.1) is 6.61 Å². The first kappa shape index (κ1) is 19.8. The van der Waals surface area contributed by atoms with Crippen molar-refractivity contribution >= 4 is 23.6 Å². The third-order valence-electron chi connectivity index (χ3n) is 4.83. The van der Waals surface area contributed by atoms with E-state index in [1.807, 2.05) is 18.2 Å². The van der Waals surface area contributed by atoms with Gasteiger partial charge in [0.25, 0.3) is 5.91 Å². The van der Waals surface area contributed by atoms with Crippen LogP contribution in [0.25, 0.3) is 0 Å². The summed E-state index contributed by atoms with van der Waals surface area (Å²) in [5.41, 5.74) is 5.09. The lowest BCUT2D eigenvalue weighted by atomic mass is 9.95. The molecule has 1 amide bonds. The topological polar surface area (TPSA) is 135 Å². The number of aromatic nitrogens is 4. The average Bonchev–Trinajstić information content (AvgIpc) is 3.15. The van der Waals surface area contributed by atoms with Crippen molar-refractivity contribution in [2.45, 2.75) is 29.6 Å². The van der Waals surface area contributed by atoms with Gasteiger partial charge < -0.3 is 14.2 Å². The summed E-state index contributed by atoms with van der Waals surface area (Å²) in [5.74, 6) is -0.833. The zero-order valence-corrected chi connectivity index (χ0v) is 16.7. The summed E-state index contributed by atoms with van der Waals surface area (Å²) < 4.78 is 18.0. The Morgan fingerprint density at radius 1 is 1.48 bits per heavy atom. The highest BCUT2D eigenvalue weighted by Gasteiger charge is 2.64. The van der Waals surface area contributed by atoms with E-state index >= 15 is 0 Å². The highest BCUT2D eigenvalue weighted by Crippen LogP contribution is 2.40. The van der Waals surface area contributed by atoms with Gasteiger partial charge in [0.1, 0.15) is 11.8 Å². The van der Waals surface area contributed by atoms with Crippen LogP contribution >= 0.6 is 11.8 Å². The van der Waals surface area contributed by atoms with Crippen molar-refractivity contribution in [3.8, 4) is 0 Å². The number of nitrogens with zero attached hydrogens (tertiary/aromatic N) is 5. The Balaban J connectivity index is 1.60. The molecule has 0 bridgehead atoms. The maximum atomic E-state index is 13.0. The summed E-state index contributed by atoms with van der Waals surface area (Å²) in [4.78, 5) is 26.9. The number of methoxy groups -OCH3 is 1. The molecule has 1 saturated heterocycles. The molecule has 0 saturated carbocycles. The Morgan fingerprint density at radius 2 is 2.31 bits per heavy atom. The van der Waals surface area contributed by atoms with E-state index in [0.29, 0.717) is 22.9 Å². The molecule has 3 heterocycles. The number of esters is 1. The van der Waals surface area contributed by atoms with Gasteiger partial charge in [-0.25, -0.2) is 9.48 Å². The number of nitrogens with two attached hydrogens (primary N) is 1. The Bertz CT molecular complexity index is 927. The number of carbonyl (C=O) groups excluding carboxylic acids is 2. The zero-order valence-electron chi connectivity index (χ0n) is 15.8. The van der Waals surface area contributed by atoms with Crippen LogP contribution in [0, 0.1) is 0 Å². The molecule has 29 heavy (non-hydrogen) atoms. The number of β-lactam (4-membered cyclic amide) rings is 1. The summed E-state index contributed by atoms with van der Waals surface area (Å²) in [6, 6.07) is 0. The molecule has 1 aliphatic carbocycles. The van der Waals surface area contributed by atoms with Crippen LogP contribution in [0.4, 0.5) is 0 Å². The standard InChI is InChI=1S/C17H20N6O5S/c1-22-16(19-20-21-22)29-9-10-8-27-15-17(18,26-2)14(25)23(15)12(10)13(24)28-11-6-4-3-5-7-11/h3-6,11,15H,7-9,18H2,1-2H3/t11-,15+,17-/m0/s1. The van der Waals surface area contributed by atoms with Crippen LogP contribution < -0.4 is 5.73 Å². The molecule has 3 atom stereocenters. The molecule has 2 aliphatic heterocycles. The van der Waals surface area contributed by atoms with E-state index in [4.69, 9.17) is 19.9 Å². The van der Waals surface area contributed by atoms with Crippen LogP contribution in [0.2, 0.25) is 0 Å². The lowest BCUT2D eigenvalue weighted by Crippen LogP contribution is -2.80. The quantitative estimate of drug-likeness (QED) is 0.277. The second-order valence-corrected chi connectivity index (χ2v) is 7.60. The van der Waals surface area contributed by atoms with Crippen molar-refractivity contribution in [1.82, 2.24) is 25.1 Å². The molecule has 154 valence electrons. The van der Waals surface area contributed by atoms with Crippen LogP contribution in [-0.4, -0.2) is 74.5 Å². The molecule has 0 unspecified atom stereocenters. The number of thioether (sulfide) groups is 1. The molecule has 12 heteroatoms. The Hall–Kier alpha value is -2.54. The summed E-state index contributed by atoms with van der Waals surface area (Å²) in [7, 11) is 3.04. The number of hydrogen-bond donors (Lipinski definition) is 1. The first-order valence-electron chi connectivity index (χ1n) is 8.86. The Labute approximate surface area is 170 Å². The third-order valence-corrected chi connectivity index (χ3v) is 5.93. The molecule has 1 aromatic rings. The minimum Gasteiger partial charge on any atom is -0.453 e. The lowest BCUT2D eigenvalue weighted by Gasteiger charge is -2.54. The molecule has 0 aromatic carbocycles. The van der Waals surface area contributed by atoms with E-state index in [2.05, 4.69) is 15.5 Å². The van der Waals surface area contributed by atoms with Gasteiger partial charge in [0.15, 0.2) is 6.23 Å². The fourth-order valence-corrected chi connectivity index (χ4v) is 4.08. The van der Waals surface area contributed by atoms with E-state index < -0.39 is 29.9 Å². The number of amides is 1. The number of tetrazole rings is 1. The molecular weight excluding hydrogens is 400 g/mol. The molecule has 1 aromatic heterocycles. The number of carbonyl (C=O) groups is 2. The monoisotopic (exact) mass is 420 g/mol. The van der Waals surface area contributed by atoms with Crippen molar-refractivity contribution in [3.05, 3.63) is 35.6 Å². The highest BCUT2D eigenvalue weighted by molar-refractivity contribution is 7.99. The maximum Gasteiger partial charge on any atom is 0.355 e. The van der Waals surface area contributed by atoms with Gasteiger partial charge in [-0.2, -0.15) is 0 Å². The maximum absolute atomic E-state index is 13.0. The minimum atomic E-state index is -1.62. The molecule has 0 radical (unpaired) electrons. The van der Waals surface area contributed by atoms with Gasteiger partial charge in [-0.3, -0.25) is 15.4 Å². The van der Waals surface area contributed by atoms with Crippen molar-refractivity contribution < 1.29 is 23.8 Å². The average molecular weight is 420 g/mol. The van der Waals surface area contributed by atoms with E-state index in [0.717, 1.165) is 0 Å². The number of hydrogen-bond acceptors (Lipinski definition) is 10. The zero-order chi connectivity index (χ0) is 20.6. The fourth-order valence-electron chi connectivity index (χ4n) is 3.24. The molecule has 11 nitrogen and oxygen atoms in total. The Morgan fingerprint density at radius 3 is 2.97 bits per heavy atom. The predicted molar refractivity (Wildman–Crippen MR) is 99.8 cm³/mol. The minimum absolute atomic E-state index is 0.0971. The highest BCUT2D eigenvalue weighted by atomic mass is 32.2. The van der Waals surface area contributed by atoms with Gasteiger partial charge in [-0.15, -0.1) is 5.10 Å². The first-order chi connectivity index (χ1) is 14.0. The second-order valence-electron chi connectivity index (χ2n) is 6.65. The van der Waals surface area contributed by atoms with Crippen molar-refractivity contribution in [2.24, 2.45) is 12.8 Å². The number of aryl methyl sites for hydroxylation is 1. The number of fused-ring (bicyclic) bond motifs is 1. The summed E-state index contributed by atoms with van der Waals surface area (Å²) in [5, 5.41) is 11.8. The summed E-state index contributed by atoms with van der Waals surface area (Å²) in [6.45, 7) is 0.0971. The van der Waals surface area contributed by atoms with E-state index in [9.17, 15) is 9.59 Å². The van der Waals surface area contributed by atoms with E-state index in [1.165, 1.54) is 28.5 Å². The van der Waals surface area contributed by atoms with Gasteiger partial charge in [-0.1, -0.05) is 30.0 Å². The lowest BCUT2D eigenvalue weighted by molar-refractivity contribution is -0.248. The van der Waals surface area contributed by atoms with Gasteiger partial charge >= 0.3 is 5.97 Å². The number of allylic oxidation sites excluding steroid dienone is 2. The predicted octanol–water partition coefficient (Wildman–Crippen LogP) is -0.516. The van der Waals surface area contributed by atoms with Crippen LogP contribution in [-0.2, 0) is 30.8 Å². The van der Waals surface area contributed by atoms with Crippen LogP contribution in [0.1, 0.15) is 6.42 Å². The molecule has 2 N–H and O–H groups in total. The van der Waals surface area contributed by atoms with E-state index in [-0.39, 0.29) is 12.3 Å². The number of ether oxygens (including phenoxy) is 3. The van der Waals surface area contributed by atoms with Gasteiger partial charge in [0, 0.05) is 26.3 Å². The molecule has 0 spiro atoms. The second kappa shape index (κ2) is 7.71. The SMILES string of the molecule is CO[C@@]1(N)C(=O)N2C(C(=O)O[C@H]3C=CC=CC3)=C(CSc3nnnn3C)CO[C@@H]21. The molecule has 1 fully saturated rings. The van der Waals surface area contributed by atoms with Crippen molar-refractivity contribution in [2.75, 3.05) is 19.5 Å². The molecular formula is C17H20N6O5S. The Kier molecular flexibility index (Phi) is 5.25. The van der Waals surface area contributed by atoms with Crippen molar-refractivity contribution in [1.29, 1.82) is 0 Å². The largest absolute Gasteiger partial charge is 0.453 e. The molecule has 4 rings (SSSR count). The van der Waals surface area contributed by atoms with Gasteiger partial charge in [0.2, 0.25) is 10.9 Å². The third kappa shape index (κ3) is 3.37. The normalized spacial score (nSPS) is 28.4. The van der Waals surface area contributed by atoms with Crippen LogP contribution in [0.5, 0.6) is 0 Å². The van der Waals surface area contributed by atoms with Gasteiger partial charge in [-0.05, 0) is 22.1 Å². The fraction of sp³-hybridized carbons (Fsp3) is 0.471. The first-order valence-corrected chi connectivity index (χ1v) is 9.85.